The van der Waals surface area contributed by atoms with E-state index >= 15 is 0 Å². The number of para-hydroxylation sites is 1. The second-order valence-electron chi connectivity index (χ2n) is 7.53. The molecule has 1 fully saturated rings. The van der Waals surface area contributed by atoms with E-state index in [2.05, 4.69) is 44.7 Å². The number of phenols is 1. The molecule has 1 aliphatic heterocycles. The number of nitrogens with one attached hydrogen (secondary N) is 1. The van der Waals surface area contributed by atoms with Crippen LogP contribution in [0.1, 0.15) is 24.2 Å². The molecule has 1 saturated heterocycles. The third-order valence-corrected chi connectivity index (χ3v) is 5.31. The number of rotatable bonds is 6. The predicted octanol–water partition coefficient (Wildman–Crippen LogP) is 2.98. The molecule has 0 spiro atoms. The number of piperazine rings is 1. The third-order valence-electron chi connectivity index (χ3n) is 5.31. The molecule has 4 rings (SSSR count). The summed E-state index contributed by atoms with van der Waals surface area (Å²) in [5, 5.41) is 21.6. The zero-order valence-electron chi connectivity index (χ0n) is 17.1. The van der Waals surface area contributed by atoms with Crippen molar-refractivity contribution in [1.82, 2.24) is 20.4 Å². The molecule has 2 heterocycles. The van der Waals surface area contributed by atoms with Crippen molar-refractivity contribution in [1.29, 1.82) is 0 Å². The molecule has 7 heteroatoms. The van der Waals surface area contributed by atoms with E-state index in [4.69, 9.17) is 10.5 Å². The largest absolute Gasteiger partial charge is 0.507 e. The Labute approximate surface area is 176 Å². The van der Waals surface area contributed by atoms with E-state index in [1.54, 1.807) is 24.3 Å². The molecular formula is C23H27N5O2. The van der Waals surface area contributed by atoms with Gasteiger partial charge in [-0.3, -0.25) is 4.90 Å². The summed E-state index contributed by atoms with van der Waals surface area (Å²) in [5.41, 5.74) is 9.44. The van der Waals surface area contributed by atoms with Crippen molar-refractivity contribution in [2.24, 2.45) is 0 Å². The number of ether oxygens (including phenoxy) is 1. The molecule has 0 aliphatic carbocycles. The molecule has 0 radical (unpaired) electrons. The molecule has 3 aromatic rings. The van der Waals surface area contributed by atoms with Gasteiger partial charge in [-0.1, -0.05) is 36.4 Å². The number of anilines is 1. The van der Waals surface area contributed by atoms with Gasteiger partial charge in [0.15, 0.2) is 11.6 Å². The maximum atomic E-state index is 10.1. The van der Waals surface area contributed by atoms with Crippen LogP contribution in [0.15, 0.2) is 54.6 Å². The van der Waals surface area contributed by atoms with Crippen molar-refractivity contribution in [3.63, 3.8) is 0 Å². The van der Waals surface area contributed by atoms with E-state index in [1.165, 1.54) is 5.56 Å². The predicted molar refractivity (Wildman–Crippen MR) is 117 cm³/mol. The van der Waals surface area contributed by atoms with Gasteiger partial charge in [0.2, 0.25) is 0 Å². The lowest BCUT2D eigenvalue weighted by molar-refractivity contribution is 0.224. The number of nitrogens with two attached hydrogens (primary N) is 1. The van der Waals surface area contributed by atoms with Gasteiger partial charge in [-0.25, -0.2) is 0 Å². The molecule has 30 heavy (non-hydrogen) atoms. The van der Waals surface area contributed by atoms with Crippen LogP contribution in [0.25, 0.3) is 11.3 Å². The molecule has 2 aromatic carbocycles. The topological polar surface area (TPSA) is 96.5 Å². The van der Waals surface area contributed by atoms with Crippen LogP contribution < -0.4 is 15.8 Å². The number of aromatic nitrogens is 2. The minimum absolute atomic E-state index is 0.135. The quantitative estimate of drug-likeness (QED) is 0.580. The Balaban J connectivity index is 1.51. The van der Waals surface area contributed by atoms with Crippen LogP contribution in [0.3, 0.4) is 0 Å². The number of hydrogen-bond donors (Lipinski definition) is 3. The van der Waals surface area contributed by atoms with Gasteiger partial charge in [0.25, 0.3) is 0 Å². The minimum atomic E-state index is -0.211. The van der Waals surface area contributed by atoms with Crippen molar-refractivity contribution < 1.29 is 9.84 Å². The first-order chi connectivity index (χ1) is 14.6. The van der Waals surface area contributed by atoms with Crippen LogP contribution in [0.5, 0.6) is 11.5 Å². The number of hydrogen-bond acceptors (Lipinski definition) is 7. The molecule has 0 bridgehead atoms. The lowest BCUT2D eigenvalue weighted by Gasteiger charge is -2.27. The Morgan fingerprint density at radius 3 is 2.70 bits per heavy atom. The first-order valence-corrected chi connectivity index (χ1v) is 10.2. The van der Waals surface area contributed by atoms with Crippen molar-refractivity contribution in [3.05, 3.63) is 65.7 Å². The maximum Gasteiger partial charge on any atom is 0.188 e. The van der Waals surface area contributed by atoms with E-state index in [1.807, 2.05) is 13.0 Å². The van der Waals surface area contributed by atoms with Crippen LogP contribution in [-0.4, -0.2) is 46.4 Å². The van der Waals surface area contributed by atoms with Gasteiger partial charge in [0.1, 0.15) is 17.5 Å². The molecule has 0 amide bonds. The average molecular weight is 406 g/mol. The van der Waals surface area contributed by atoms with Gasteiger partial charge in [-0.2, -0.15) is 0 Å². The van der Waals surface area contributed by atoms with Crippen LogP contribution >= 0.6 is 0 Å². The summed E-state index contributed by atoms with van der Waals surface area (Å²) < 4.78 is 6.15. The highest BCUT2D eigenvalue weighted by molar-refractivity contribution is 5.68. The summed E-state index contributed by atoms with van der Waals surface area (Å²) in [6, 6.07) is 17.2. The Morgan fingerprint density at radius 1 is 1.10 bits per heavy atom. The van der Waals surface area contributed by atoms with Crippen molar-refractivity contribution in [2.75, 3.05) is 31.9 Å². The van der Waals surface area contributed by atoms with Crippen LogP contribution in [0.4, 0.5) is 5.82 Å². The standard InChI is InChI=1S/C23H27N5O2/c1-16(18-6-4-5-17(13-18)15-28-11-9-25-10-12-28)30-22-14-20(26-27-23(22)24)19-7-2-3-8-21(19)29/h2-8,13-14,16,25,29H,9-12,15H2,1H3,(H2,24,27). The molecule has 0 saturated carbocycles. The summed E-state index contributed by atoms with van der Waals surface area (Å²) in [5.74, 6) is 0.803. The smallest absolute Gasteiger partial charge is 0.188 e. The van der Waals surface area contributed by atoms with Gasteiger partial charge < -0.3 is 20.9 Å². The highest BCUT2D eigenvalue weighted by Gasteiger charge is 2.15. The lowest BCUT2D eigenvalue weighted by Crippen LogP contribution is -2.42. The monoisotopic (exact) mass is 405 g/mol. The molecule has 1 aliphatic rings. The summed E-state index contributed by atoms with van der Waals surface area (Å²) in [6.45, 7) is 7.11. The Hall–Kier alpha value is -3.16. The molecule has 156 valence electrons. The highest BCUT2D eigenvalue weighted by atomic mass is 16.5. The number of nitrogens with zero attached hydrogens (tertiary/aromatic N) is 3. The number of nitrogen functional groups attached to an aromatic ring is 1. The van der Waals surface area contributed by atoms with Crippen LogP contribution in [0, 0.1) is 0 Å². The van der Waals surface area contributed by atoms with E-state index in [0.717, 1.165) is 38.3 Å². The zero-order valence-corrected chi connectivity index (χ0v) is 17.1. The first kappa shape index (κ1) is 20.1. The summed E-state index contributed by atoms with van der Waals surface area (Å²) in [4.78, 5) is 2.45. The Kier molecular flexibility index (Phi) is 6.11. The summed E-state index contributed by atoms with van der Waals surface area (Å²) in [7, 11) is 0. The van der Waals surface area contributed by atoms with Gasteiger partial charge >= 0.3 is 0 Å². The van der Waals surface area contributed by atoms with Crippen LogP contribution in [-0.2, 0) is 6.54 Å². The third kappa shape index (κ3) is 4.69. The molecular weight excluding hydrogens is 378 g/mol. The normalized spacial score (nSPS) is 15.6. The summed E-state index contributed by atoms with van der Waals surface area (Å²) in [6.07, 6.45) is -0.211. The Morgan fingerprint density at radius 2 is 1.90 bits per heavy atom. The molecule has 1 unspecified atom stereocenters. The highest BCUT2D eigenvalue weighted by Crippen LogP contribution is 2.32. The molecule has 1 atom stereocenters. The molecule has 1 aromatic heterocycles. The zero-order chi connectivity index (χ0) is 20.9. The number of benzene rings is 2. The van der Waals surface area contributed by atoms with E-state index < -0.39 is 0 Å². The fourth-order valence-electron chi connectivity index (χ4n) is 3.63. The number of phenolic OH excluding ortho intramolecular Hbond substituents is 1. The van der Waals surface area contributed by atoms with Crippen molar-refractivity contribution in [3.8, 4) is 22.8 Å². The fraction of sp³-hybridized carbons (Fsp3) is 0.304. The van der Waals surface area contributed by atoms with Crippen LogP contribution in [0.2, 0.25) is 0 Å². The minimum Gasteiger partial charge on any atom is -0.507 e. The SMILES string of the molecule is CC(Oc1cc(-c2ccccc2O)nnc1N)c1cccc(CN2CCNCC2)c1. The first-order valence-electron chi connectivity index (χ1n) is 10.2. The Bertz CT molecular complexity index is 1000. The van der Waals surface area contributed by atoms with Gasteiger partial charge in [0, 0.05) is 44.4 Å². The van der Waals surface area contributed by atoms with E-state index in [-0.39, 0.29) is 17.7 Å². The second-order valence-corrected chi connectivity index (χ2v) is 7.53. The van der Waals surface area contributed by atoms with Crippen molar-refractivity contribution in [2.45, 2.75) is 19.6 Å². The fourth-order valence-corrected chi connectivity index (χ4v) is 3.63. The van der Waals surface area contributed by atoms with Gasteiger partial charge in [-0.05, 0) is 30.2 Å². The van der Waals surface area contributed by atoms with E-state index in [9.17, 15) is 5.11 Å². The average Bonchev–Trinajstić information content (AvgIpc) is 2.77. The van der Waals surface area contributed by atoms with E-state index in [0.29, 0.717) is 17.0 Å². The van der Waals surface area contributed by atoms with Crippen molar-refractivity contribution >= 4 is 5.82 Å². The molecule has 4 N–H and O–H groups in total. The maximum absolute atomic E-state index is 10.1. The van der Waals surface area contributed by atoms with Gasteiger partial charge in [0.05, 0.1) is 0 Å². The molecule has 7 nitrogen and oxygen atoms in total. The summed E-state index contributed by atoms with van der Waals surface area (Å²) >= 11 is 0. The lowest BCUT2D eigenvalue weighted by atomic mass is 10.1. The number of aromatic hydroxyl groups is 1. The van der Waals surface area contributed by atoms with Gasteiger partial charge in [-0.15, -0.1) is 10.2 Å². The second kappa shape index (κ2) is 9.11.